The van der Waals surface area contributed by atoms with E-state index >= 15 is 0 Å². The number of hydrogen-bond donors (Lipinski definition) is 1. The summed E-state index contributed by atoms with van der Waals surface area (Å²) in [4.78, 5) is 0. The molecule has 90 valence electrons. The molecule has 1 aromatic rings. The fourth-order valence-electron chi connectivity index (χ4n) is 1.91. The molecule has 2 atom stereocenters. The second kappa shape index (κ2) is 5.97. The molecule has 3 heteroatoms. The predicted octanol–water partition coefficient (Wildman–Crippen LogP) is 2.82. The van der Waals surface area contributed by atoms with Gasteiger partial charge in [-0.05, 0) is 37.6 Å². The second-order valence-electron chi connectivity index (χ2n) is 3.96. The van der Waals surface area contributed by atoms with Crippen molar-refractivity contribution in [2.75, 3.05) is 14.2 Å². The van der Waals surface area contributed by atoms with Gasteiger partial charge in [0.25, 0.3) is 0 Å². The molecule has 1 N–H and O–H groups in total. The molecule has 0 saturated carbocycles. The van der Waals surface area contributed by atoms with Crippen molar-refractivity contribution in [1.82, 2.24) is 5.32 Å². The Hall–Kier alpha value is -0.930. The van der Waals surface area contributed by atoms with Crippen LogP contribution in [0.15, 0.2) is 18.2 Å². The lowest BCUT2D eigenvalue weighted by Crippen LogP contribution is -2.30. The van der Waals surface area contributed by atoms with Gasteiger partial charge in [0.15, 0.2) is 0 Å². The molecule has 0 fully saturated rings. The maximum absolute atomic E-state index is 13.5. The minimum absolute atomic E-state index is 0.0325. The Morgan fingerprint density at radius 1 is 1.44 bits per heavy atom. The van der Waals surface area contributed by atoms with Crippen LogP contribution in [0.1, 0.15) is 30.5 Å². The number of methoxy groups -OCH3 is 1. The fourth-order valence-corrected chi connectivity index (χ4v) is 1.91. The first-order valence-electron chi connectivity index (χ1n) is 5.60. The minimum Gasteiger partial charge on any atom is -0.379 e. The van der Waals surface area contributed by atoms with E-state index in [-0.39, 0.29) is 18.0 Å². The van der Waals surface area contributed by atoms with E-state index in [0.717, 1.165) is 12.0 Å². The summed E-state index contributed by atoms with van der Waals surface area (Å²) >= 11 is 0. The maximum Gasteiger partial charge on any atom is 0.126 e. The van der Waals surface area contributed by atoms with Crippen LogP contribution in [0, 0.1) is 12.7 Å². The molecular weight excluding hydrogens is 205 g/mol. The van der Waals surface area contributed by atoms with Crippen molar-refractivity contribution in [1.29, 1.82) is 0 Å². The lowest BCUT2D eigenvalue weighted by Gasteiger charge is -2.25. The number of halogens is 1. The maximum atomic E-state index is 13.5. The summed E-state index contributed by atoms with van der Waals surface area (Å²) in [6, 6.07) is 5.36. The van der Waals surface area contributed by atoms with Crippen molar-refractivity contribution < 1.29 is 9.13 Å². The molecule has 0 aromatic heterocycles. The van der Waals surface area contributed by atoms with Gasteiger partial charge in [-0.2, -0.15) is 0 Å². The zero-order valence-corrected chi connectivity index (χ0v) is 10.4. The number of likely N-dealkylation sites (N-methyl/N-ethyl adjacent to an activating group) is 1. The first-order chi connectivity index (χ1) is 7.63. The van der Waals surface area contributed by atoms with Crippen LogP contribution in [0.4, 0.5) is 4.39 Å². The van der Waals surface area contributed by atoms with Gasteiger partial charge < -0.3 is 10.1 Å². The number of hydrogen-bond acceptors (Lipinski definition) is 2. The largest absolute Gasteiger partial charge is 0.379 e. The van der Waals surface area contributed by atoms with Crippen molar-refractivity contribution in [3.8, 4) is 0 Å². The highest BCUT2D eigenvalue weighted by atomic mass is 19.1. The van der Waals surface area contributed by atoms with Crippen LogP contribution in [0.3, 0.4) is 0 Å². The lowest BCUT2D eigenvalue weighted by molar-refractivity contribution is 0.0675. The Morgan fingerprint density at radius 3 is 2.56 bits per heavy atom. The molecule has 0 aliphatic rings. The summed E-state index contributed by atoms with van der Waals surface area (Å²) < 4.78 is 18.9. The van der Waals surface area contributed by atoms with E-state index < -0.39 is 0 Å². The highest BCUT2D eigenvalue weighted by Gasteiger charge is 2.20. The monoisotopic (exact) mass is 225 g/mol. The van der Waals surface area contributed by atoms with E-state index in [4.69, 9.17) is 4.74 Å². The molecule has 0 saturated heterocycles. The number of aryl methyl sites for hydroxylation is 1. The Balaban J connectivity index is 2.98. The molecule has 2 nitrogen and oxygen atoms in total. The molecular formula is C13H20FNO. The Morgan fingerprint density at radius 2 is 2.12 bits per heavy atom. The molecule has 1 rings (SSSR count). The molecule has 0 radical (unpaired) electrons. The van der Waals surface area contributed by atoms with Crippen LogP contribution < -0.4 is 5.32 Å². The van der Waals surface area contributed by atoms with Crippen molar-refractivity contribution >= 4 is 0 Å². The fraction of sp³-hybridized carbons (Fsp3) is 0.538. The molecule has 0 spiro atoms. The van der Waals surface area contributed by atoms with Gasteiger partial charge in [0.05, 0.1) is 12.1 Å². The van der Waals surface area contributed by atoms with Crippen LogP contribution in [-0.2, 0) is 4.74 Å². The summed E-state index contributed by atoms with van der Waals surface area (Å²) in [6.45, 7) is 3.82. The quantitative estimate of drug-likeness (QED) is 0.832. The summed E-state index contributed by atoms with van der Waals surface area (Å²) in [5, 5.41) is 3.18. The molecule has 1 aromatic carbocycles. The molecule has 16 heavy (non-hydrogen) atoms. The Bertz CT molecular complexity index is 337. The number of benzene rings is 1. The molecule has 2 unspecified atom stereocenters. The standard InChI is InChI=1S/C13H20FNO/c1-5-12(16-4)13(15-3)10-7-6-9(2)11(14)8-10/h6-8,12-13,15H,5H2,1-4H3. The smallest absolute Gasteiger partial charge is 0.126 e. The van der Waals surface area contributed by atoms with Gasteiger partial charge in [-0.1, -0.05) is 19.1 Å². The van der Waals surface area contributed by atoms with Crippen molar-refractivity contribution in [2.24, 2.45) is 0 Å². The minimum atomic E-state index is -0.163. The summed E-state index contributed by atoms with van der Waals surface area (Å²) in [5.74, 6) is -0.163. The number of nitrogens with one attached hydrogen (secondary N) is 1. The van der Waals surface area contributed by atoms with Gasteiger partial charge >= 0.3 is 0 Å². The van der Waals surface area contributed by atoms with Crippen LogP contribution >= 0.6 is 0 Å². The second-order valence-corrected chi connectivity index (χ2v) is 3.96. The third kappa shape index (κ3) is 2.80. The summed E-state index contributed by atoms with van der Waals surface area (Å²) in [5.41, 5.74) is 1.60. The van der Waals surface area contributed by atoms with E-state index in [1.807, 2.05) is 13.1 Å². The normalized spacial score (nSPS) is 14.8. The van der Waals surface area contributed by atoms with Crippen LogP contribution in [-0.4, -0.2) is 20.3 Å². The van der Waals surface area contributed by atoms with Gasteiger partial charge in [-0.3, -0.25) is 0 Å². The zero-order valence-electron chi connectivity index (χ0n) is 10.4. The third-order valence-electron chi connectivity index (χ3n) is 2.94. The topological polar surface area (TPSA) is 21.3 Å². The third-order valence-corrected chi connectivity index (χ3v) is 2.94. The first kappa shape index (κ1) is 13.1. The SMILES string of the molecule is CCC(OC)C(NC)c1ccc(C)c(F)c1. The van der Waals surface area contributed by atoms with E-state index in [9.17, 15) is 4.39 Å². The van der Waals surface area contributed by atoms with E-state index in [1.165, 1.54) is 0 Å². The molecule has 0 aliphatic carbocycles. The van der Waals surface area contributed by atoms with E-state index in [1.54, 1.807) is 26.2 Å². The summed E-state index contributed by atoms with van der Waals surface area (Å²) in [7, 11) is 3.55. The van der Waals surface area contributed by atoms with Crippen LogP contribution in [0.25, 0.3) is 0 Å². The molecule has 0 amide bonds. The van der Waals surface area contributed by atoms with Crippen molar-refractivity contribution in [3.05, 3.63) is 35.1 Å². The zero-order chi connectivity index (χ0) is 12.1. The van der Waals surface area contributed by atoms with Gasteiger partial charge in [-0.15, -0.1) is 0 Å². The average molecular weight is 225 g/mol. The lowest BCUT2D eigenvalue weighted by atomic mass is 9.98. The van der Waals surface area contributed by atoms with Crippen molar-refractivity contribution in [2.45, 2.75) is 32.4 Å². The van der Waals surface area contributed by atoms with Gasteiger partial charge in [0.1, 0.15) is 5.82 Å². The Labute approximate surface area is 96.8 Å². The van der Waals surface area contributed by atoms with E-state index in [0.29, 0.717) is 5.56 Å². The van der Waals surface area contributed by atoms with Crippen molar-refractivity contribution in [3.63, 3.8) is 0 Å². The summed E-state index contributed by atoms with van der Waals surface area (Å²) in [6.07, 6.45) is 0.949. The van der Waals surface area contributed by atoms with Gasteiger partial charge in [-0.25, -0.2) is 4.39 Å². The van der Waals surface area contributed by atoms with E-state index in [2.05, 4.69) is 12.2 Å². The van der Waals surface area contributed by atoms with Crippen LogP contribution in [0.2, 0.25) is 0 Å². The predicted molar refractivity (Wildman–Crippen MR) is 64.0 cm³/mol. The average Bonchev–Trinajstić information content (AvgIpc) is 2.29. The first-order valence-corrected chi connectivity index (χ1v) is 5.60. The van der Waals surface area contributed by atoms with Gasteiger partial charge in [0.2, 0.25) is 0 Å². The van der Waals surface area contributed by atoms with Gasteiger partial charge in [0, 0.05) is 7.11 Å². The number of ether oxygens (including phenoxy) is 1. The Kier molecular flexibility index (Phi) is 4.90. The number of rotatable bonds is 5. The molecule has 0 bridgehead atoms. The molecule has 0 heterocycles. The van der Waals surface area contributed by atoms with Crippen LogP contribution in [0.5, 0.6) is 0 Å². The molecule has 0 aliphatic heterocycles. The highest BCUT2D eigenvalue weighted by molar-refractivity contribution is 5.26. The highest BCUT2D eigenvalue weighted by Crippen LogP contribution is 2.22.